The Hall–Kier alpha value is -0.950. The van der Waals surface area contributed by atoms with Crippen LogP contribution in [0.3, 0.4) is 0 Å². The topological polar surface area (TPSA) is 76.1 Å². The van der Waals surface area contributed by atoms with Crippen molar-refractivity contribution >= 4 is 34.9 Å². The molecule has 2 unspecified atom stereocenters. The number of nitrogens with one attached hydrogen (secondary N) is 2. The highest BCUT2D eigenvalue weighted by Crippen LogP contribution is 2.16. The molecule has 1 amide bonds. The lowest BCUT2D eigenvalue weighted by Crippen LogP contribution is -2.35. The molecule has 0 radical (unpaired) electrons. The normalized spacial score (nSPS) is 23.1. The van der Waals surface area contributed by atoms with E-state index in [9.17, 15) is 4.79 Å². The van der Waals surface area contributed by atoms with Crippen molar-refractivity contribution in [3.8, 4) is 0 Å². The van der Waals surface area contributed by atoms with Crippen LogP contribution in [0, 0.1) is 0 Å². The van der Waals surface area contributed by atoms with Gasteiger partial charge in [-0.2, -0.15) is 0 Å². The van der Waals surface area contributed by atoms with Crippen molar-refractivity contribution in [2.75, 3.05) is 19.0 Å². The number of aromatic nitrogens is 2. The van der Waals surface area contributed by atoms with E-state index in [2.05, 4.69) is 20.6 Å². The van der Waals surface area contributed by atoms with Crippen LogP contribution in [0.15, 0.2) is 6.07 Å². The third kappa shape index (κ3) is 3.29. The number of anilines is 1. The average molecular weight is 291 g/mol. The Kier molecular flexibility index (Phi) is 4.34. The Labute approximate surface area is 114 Å². The Morgan fingerprint density at radius 1 is 1.56 bits per heavy atom. The van der Waals surface area contributed by atoms with E-state index in [1.54, 1.807) is 7.11 Å². The van der Waals surface area contributed by atoms with Crippen LogP contribution in [-0.4, -0.2) is 41.7 Å². The van der Waals surface area contributed by atoms with Crippen molar-refractivity contribution in [2.45, 2.75) is 18.6 Å². The van der Waals surface area contributed by atoms with E-state index in [4.69, 9.17) is 27.9 Å². The number of amides is 1. The van der Waals surface area contributed by atoms with Gasteiger partial charge in [0, 0.05) is 19.7 Å². The van der Waals surface area contributed by atoms with E-state index in [0.29, 0.717) is 13.0 Å². The molecule has 1 aliphatic rings. The lowest BCUT2D eigenvalue weighted by Gasteiger charge is -2.10. The van der Waals surface area contributed by atoms with Gasteiger partial charge in [0.1, 0.15) is 11.0 Å². The van der Waals surface area contributed by atoms with E-state index in [1.807, 2.05) is 0 Å². The molecule has 1 aliphatic heterocycles. The summed E-state index contributed by atoms with van der Waals surface area (Å²) in [5, 5.41) is 5.87. The molecule has 8 heteroatoms. The number of halogens is 2. The molecule has 2 heterocycles. The Morgan fingerprint density at radius 3 is 2.94 bits per heavy atom. The van der Waals surface area contributed by atoms with E-state index in [-0.39, 0.29) is 34.3 Å². The molecule has 0 saturated carbocycles. The summed E-state index contributed by atoms with van der Waals surface area (Å²) in [6, 6.07) is 1.14. The predicted octanol–water partition coefficient (Wildman–Crippen LogP) is 1.10. The largest absolute Gasteiger partial charge is 0.380 e. The minimum absolute atomic E-state index is 0.00745. The summed E-state index contributed by atoms with van der Waals surface area (Å²) in [5.41, 5.74) is 0. The van der Waals surface area contributed by atoms with Gasteiger partial charge in [0.05, 0.1) is 12.1 Å². The molecule has 98 valence electrons. The second-order valence-electron chi connectivity index (χ2n) is 3.89. The minimum atomic E-state index is -0.303. The zero-order chi connectivity index (χ0) is 13.1. The van der Waals surface area contributed by atoms with Crippen LogP contribution in [-0.2, 0) is 9.53 Å². The van der Waals surface area contributed by atoms with Crippen LogP contribution in [0.2, 0.25) is 10.4 Å². The van der Waals surface area contributed by atoms with E-state index < -0.39 is 0 Å². The molecule has 1 aromatic rings. The number of rotatable bonds is 3. The lowest BCUT2D eigenvalue weighted by molar-refractivity contribution is -0.118. The van der Waals surface area contributed by atoms with Crippen LogP contribution in [0.4, 0.5) is 5.82 Å². The summed E-state index contributed by atoms with van der Waals surface area (Å²) in [6.07, 6.45) is 0.674. The van der Waals surface area contributed by atoms with E-state index in [1.165, 1.54) is 6.07 Å². The highest BCUT2D eigenvalue weighted by atomic mass is 35.5. The Balaban J connectivity index is 1.99. The van der Waals surface area contributed by atoms with Crippen LogP contribution >= 0.6 is 23.2 Å². The molecule has 0 bridgehead atoms. The molecule has 2 N–H and O–H groups in total. The first-order valence-corrected chi connectivity index (χ1v) is 6.11. The minimum Gasteiger partial charge on any atom is -0.380 e. The molecule has 0 aromatic carbocycles. The molecule has 1 fully saturated rings. The monoisotopic (exact) mass is 290 g/mol. The van der Waals surface area contributed by atoms with Crippen molar-refractivity contribution in [3.05, 3.63) is 16.5 Å². The second-order valence-corrected chi connectivity index (χ2v) is 4.61. The third-order valence-corrected chi connectivity index (χ3v) is 3.02. The van der Waals surface area contributed by atoms with Gasteiger partial charge in [-0.25, -0.2) is 9.97 Å². The number of carbonyl (C=O) groups is 1. The fourth-order valence-electron chi connectivity index (χ4n) is 1.75. The summed E-state index contributed by atoms with van der Waals surface area (Å²) in [7, 11) is 1.62. The standard InChI is InChI=1S/C10H12Cl2N4O2/c1-18-5-2-6(13-4-5)9(17)15-8-3-7(11)14-10(12)16-8/h3,5-6,13H,2,4H2,1H3,(H,14,15,16,17). The maximum absolute atomic E-state index is 11.9. The molecular formula is C10H12Cl2N4O2. The van der Waals surface area contributed by atoms with Crippen LogP contribution < -0.4 is 10.6 Å². The van der Waals surface area contributed by atoms with E-state index >= 15 is 0 Å². The van der Waals surface area contributed by atoms with Gasteiger partial charge < -0.3 is 15.4 Å². The summed E-state index contributed by atoms with van der Waals surface area (Å²) in [6.45, 7) is 0.653. The van der Waals surface area contributed by atoms with Gasteiger partial charge in [-0.15, -0.1) is 0 Å². The molecule has 2 atom stereocenters. The summed E-state index contributed by atoms with van der Waals surface area (Å²) >= 11 is 11.4. The van der Waals surface area contributed by atoms with Crippen LogP contribution in [0.25, 0.3) is 0 Å². The first kappa shape index (κ1) is 13.5. The maximum Gasteiger partial charge on any atom is 0.242 e. The van der Waals surface area contributed by atoms with Crippen molar-refractivity contribution in [1.29, 1.82) is 0 Å². The number of ether oxygens (including phenoxy) is 1. The number of methoxy groups -OCH3 is 1. The SMILES string of the molecule is COC1CNC(C(=O)Nc2cc(Cl)nc(Cl)n2)C1. The molecule has 2 rings (SSSR count). The van der Waals surface area contributed by atoms with Crippen molar-refractivity contribution in [1.82, 2.24) is 15.3 Å². The fraction of sp³-hybridized carbons (Fsp3) is 0.500. The first-order valence-electron chi connectivity index (χ1n) is 5.35. The zero-order valence-corrected chi connectivity index (χ0v) is 11.1. The smallest absolute Gasteiger partial charge is 0.242 e. The first-order chi connectivity index (χ1) is 8.58. The fourth-order valence-corrected chi connectivity index (χ4v) is 2.16. The van der Waals surface area contributed by atoms with Gasteiger partial charge >= 0.3 is 0 Å². The third-order valence-electron chi connectivity index (χ3n) is 2.66. The van der Waals surface area contributed by atoms with Crippen molar-refractivity contribution in [2.24, 2.45) is 0 Å². The molecule has 18 heavy (non-hydrogen) atoms. The van der Waals surface area contributed by atoms with Crippen molar-refractivity contribution in [3.63, 3.8) is 0 Å². The van der Waals surface area contributed by atoms with Gasteiger partial charge in [0.2, 0.25) is 11.2 Å². The van der Waals surface area contributed by atoms with Gasteiger partial charge in [0.25, 0.3) is 0 Å². The second kappa shape index (κ2) is 5.79. The average Bonchev–Trinajstić information content (AvgIpc) is 2.75. The summed E-state index contributed by atoms with van der Waals surface area (Å²) in [4.78, 5) is 19.5. The molecular weight excluding hydrogens is 279 g/mol. The highest BCUT2D eigenvalue weighted by molar-refractivity contribution is 6.32. The van der Waals surface area contributed by atoms with Crippen molar-refractivity contribution < 1.29 is 9.53 Å². The lowest BCUT2D eigenvalue weighted by atomic mass is 10.2. The molecule has 6 nitrogen and oxygen atoms in total. The highest BCUT2D eigenvalue weighted by Gasteiger charge is 2.29. The van der Waals surface area contributed by atoms with Gasteiger partial charge in [-0.3, -0.25) is 4.79 Å². The number of hydrogen-bond acceptors (Lipinski definition) is 5. The Bertz CT molecular complexity index is 437. The summed E-state index contributed by atoms with van der Waals surface area (Å²) in [5.74, 6) is 0.0908. The maximum atomic E-state index is 11.9. The molecule has 1 saturated heterocycles. The van der Waals surface area contributed by atoms with Gasteiger partial charge in [-0.05, 0) is 18.0 Å². The predicted molar refractivity (Wildman–Crippen MR) is 67.9 cm³/mol. The van der Waals surface area contributed by atoms with Crippen LogP contribution in [0.5, 0.6) is 0 Å². The summed E-state index contributed by atoms with van der Waals surface area (Å²) < 4.78 is 5.17. The van der Waals surface area contributed by atoms with Gasteiger partial charge in [0.15, 0.2) is 0 Å². The number of nitrogens with zero attached hydrogens (tertiary/aromatic N) is 2. The molecule has 0 spiro atoms. The number of hydrogen-bond donors (Lipinski definition) is 2. The number of carbonyl (C=O) groups excluding carboxylic acids is 1. The quantitative estimate of drug-likeness (QED) is 0.644. The Morgan fingerprint density at radius 2 is 2.33 bits per heavy atom. The molecule has 1 aromatic heterocycles. The van der Waals surface area contributed by atoms with Gasteiger partial charge in [-0.1, -0.05) is 11.6 Å². The molecule has 0 aliphatic carbocycles. The van der Waals surface area contributed by atoms with Crippen LogP contribution in [0.1, 0.15) is 6.42 Å². The van der Waals surface area contributed by atoms with E-state index in [0.717, 1.165) is 0 Å². The zero-order valence-electron chi connectivity index (χ0n) is 9.61.